The minimum absolute atomic E-state index is 0.0390. The molecule has 4 nitrogen and oxygen atoms in total. The van der Waals surface area contributed by atoms with E-state index in [1.807, 2.05) is 13.8 Å². The zero-order valence-electron chi connectivity index (χ0n) is 9.90. The SMILES string of the molecule is Cc1sc(Br)cc1S(=O)(=O)N[C@H](CO)C(C)C. The van der Waals surface area contributed by atoms with E-state index in [2.05, 4.69) is 20.7 Å². The molecule has 0 unspecified atom stereocenters. The Morgan fingerprint density at radius 3 is 2.47 bits per heavy atom. The lowest BCUT2D eigenvalue weighted by atomic mass is 10.1. The monoisotopic (exact) mass is 341 g/mol. The number of aliphatic hydroxyl groups is 1. The molecule has 0 saturated heterocycles. The predicted octanol–water partition coefficient (Wildman–Crippen LogP) is 2.11. The van der Waals surface area contributed by atoms with Crippen LogP contribution >= 0.6 is 27.3 Å². The molecule has 1 aromatic heterocycles. The fourth-order valence-electron chi connectivity index (χ4n) is 1.34. The van der Waals surface area contributed by atoms with E-state index in [9.17, 15) is 8.42 Å². The second-order valence-corrected chi connectivity index (χ2v) is 8.44. The molecular weight excluding hydrogens is 326 g/mol. The van der Waals surface area contributed by atoms with Crippen molar-refractivity contribution in [2.24, 2.45) is 5.92 Å². The molecule has 1 rings (SSSR count). The lowest BCUT2D eigenvalue weighted by molar-refractivity contribution is 0.227. The van der Waals surface area contributed by atoms with Crippen LogP contribution < -0.4 is 4.72 Å². The van der Waals surface area contributed by atoms with Gasteiger partial charge in [-0.1, -0.05) is 13.8 Å². The van der Waals surface area contributed by atoms with Gasteiger partial charge >= 0.3 is 0 Å². The maximum absolute atomic E-state index is 12.1. The number of hydrogen-bond donors (Lipinski definition) is 2. The van der Waals surface area contributed by atoms with Crippen molar-refractivity contribution >= 4 is 37.3 Å². The average Bonchev–Trinajstić information content (AvgIpc) is 2.54. The van der Waals surface area contributed by atoms with E-state index in [0.717, 1.165) is 8.66 Å². The van der Waals surface area contributed by atoms with Crippen LogP contribution in [-0.4, -0.2) is 26.2 Å². The summed E-state index contributed by atoms with van der Waals surface area (Å²) >= 11 is 4.64. The Morgan fingerprint density at radius 1 is 1.53 bits per heavy atom. The summed E-state index contributed by atoms with van der Waals surface area (Å²) in [4.78, 5) is 0.998. The number of nitrogens with one attached hydrogen (secondary N) is 1. The highest BCUT2D eigenvalue weighted by molar-refractivity contribution is 9.11. The Labute approximate surface area is 114 Å². The van der Waals surface area contributed by atoms with Crippen LogP contribution in [0, 0.1) is 12.8 Å². The van der Waals surface area contributed by atoms with E-state index in [-0.39, 0.29) is 17.4 Å². The Morgan fingerprint density at radius 2 is 2.12 bits per heavy atom. The van der Waals surface area contributed by atoms with Crippen LogP contribution in [0.5, 0.6) is 0 Å². The van der Waals surface area contributed by atoms with Crippen LogP contribution in [0.4, 0.5) is 0 Å². The predicted molar refractivity (Wildman–Crippen MR) is 72.8 cm³/mol. The molecule has 0 saturated carbocycles. The summed E-state index contributed by atoms with van der Waals surface area (Å²) < 4.78 is 27.5. The molecule has 2 N–H and O–H groups in total. The molecule has 0 radical (unpaired) electrons. The second kappa shape index (κ2) is 5.79. The lowest BCUT2D eigenvalue weighted by Gasteiger charge is -2.19. The average molecular weight is 342 g/mol. The molecule has 0 aliphatic heterocycles. The molecule has 0 spiro atoms. The largest absolute Gasteiger partial charge is 0.395 e. The summed E-state index contributed by atoms with van der Waals surface area (Å²) in [5.41, 5.74) is 0. The first kappa shape index (κ1) is 15.1. The molecule has 1 heterocycles. The van der Waals surface area contributed by atoms with Crippen molar-refractivity contribution in [3.05, 3.63) is 14.7 Å². The third-order valence-corrected chi connectivity index (χ3v) is 5.74. The number of sulfonamides is 1. The molecule has 0 aliphatic carbocycles. The summed E-state index contributed by atoms with van der Waals surface area (Å²) in [6.07, 6.45) is 0. The number of halogens is 1. The van der Waals surface area contributed by atoms with Gasteiger partial charge in [0.2, 0.25) is 10.0 Å². The summed E-state index contributed by atoms with van der Waals surface area (Å²) in [5.74, 6) is 0.0390. The van der Waals surface area contributed by atoms with Crippen LogP contribution in [0.2, 0.25) is 0 Å². The number of hydrogen-bond acceptors (Lipinski definition) is 4. The zero-order chi connectivity index (χ0) is 13.2. The van der Waals surface area contributed by atoms with E-state index < -0.39 is 16.1 Å². The van der Waals surface area contributed by atoms with Gasteiger partial charge in [-0.2, -0.15) is 0 Å². The molecule has 17 heavy (non-hydrogen) atoms. The van der Waals surface area contributed by atoms with Crippen molar-refractivity contribution in [2.45, 2.75) is 31.7 Å². The molecule has 0 aliphatic rings. The third kappa shape index (κ3) is 3.75. The first-order valence-electron chi connectivity index (χ1n) is 5.17. The van der Waals surface area contributed by atoms with Gasteiger partial charge in [0.25, 0.3) is 0 Å². The van der Waals surface area contributed by atoms with Crippen molar-refractivity contribution < 1.29 is 13.5 Å². The van der Waals surface area contributed by atoms with Gasteiger partial charge in [0, 0.05) is 10.9 Å². The van der Waals surface area contributed by atoms with Crippen LogP contribution in [-0.2, 0) is 10.0 Å². The Kier molecular flexibility index (Phi) is 5.15. The standard InChI is InChI=1S/C10H16BrNO3S2/c1-6(2)8(5-13)12-17(14,15)9-4-10(11)16-7(9)3/h4,6,8,12-13H,5H2,1-3H3/t8-/m1/s1. The van der Waals surface area contributed by atoms with E-state index in [1.54, 1.807) is 13.0 Å². The molecule has 7 heteroatoms. The topological polar surface area (TPSA) is 66.4 Å². The number of thiophene rings is 1. The Hall–Kier alpha value is 0.0500. The van der Waals surface area contributed by atoms with Crippen molar-refractivity contribution in [1.29, 1.82) is 0 Å². The Bertz CT molecular complexity index is 482. The fraction of sp³-hybridized carbons (Fsp3) is 0.600. The normalized spacial score (nSPS) is 14.2. The van der Waals surface area contributed by atoms with Gasteiger partial charge in [0.15, 0.2) is 0 Å². The van der Waals surface area contributed by atoms with Crippen molar-refractivity contribution in [2.75, 3.05) is 6.61 Å². The minimum Gasteiger partial charge on any atom is -0.395 e. The molecule has 1 aromatic rings. The Balaban J connectivity index is 3.00. The van der Waals surface area contributed by atoms with Crippen LogP contribution in [0.3, 0.4) is 0 Å². The highest BCUT2D eigenvalue weighted by Crippen LogP contribution is 2.29. The van der Waals surface area contributed by atoms with Crippen LogP contribution in [0.25, 0.3) is 0 Å². The molecule has 1 atom stereocenters. The van der Waals surface area contributed by atoms with Gasteiger partial charge in [0.05, 0.1) is 15.3 Å². The van der Waals surface area contributed by atoms with Gasteiger partial charge in [-0.15, -0.1) is 11.3 Å². The van der Waals surface area contributed by atoms with Crippen LogP contribution in [0.1, 0.15) is 18.7 Å². The number of aliphatic hydroxyl groups excluding tert-OH is 1. The van der Waals surface area contributed by atoms with Crippen molar-refractivity contribution in [3.8, 4) is 0 Å². The van der Waals surface area contributed by atoms with E-state index in [4.69, 9.17) is 5.11 Å². The molecule has 0 amide bonds. The molecule has 0 aromatic carbocycles. The van der Waals surface area contributed by atoms with E-state index >= 15 is 0 Å². The number of rotatable bonds is 5. The first-order valence-corrected chi connectivity index (χ1v) is 8.26. The van der Waals surface area contributed by atoms with Crippen molar-refractivity contribution in [1.82, 2.24) is 4.72 Å². The maximum atomic E-state index is 12.1. The summed E-state index contributed by atoms with van der Waals surface area (Å²) in [5, 5.41) is 9.15. The van der Waals surface area contributed by atoms with Gasteiger partial charge < -0.3 is 5.11 Å². The smallest absolute Gasteiger partial charge is 0.242 e. The summed E-state index contributed by atoms with van der Waals surface area (Å²) in [6.45, 7) is 5.27. The first-order chi connectivity index (χ1) is 7.77. The fourth-order valence-corrected chi connectivity index (χ4v) is 5.13. The summed E-state index contributed by atoms with van der Waals surface area (Å²) in [6, 6.07) is 1.12. The van der Waals surface area contributed by atoms with Gasteiger partial charge in [0.1, 0.15) is 0 Å². The molecular formula is C10H16BrNO3S2. The summed E-state index contributed by atoms with van der Waals surface area (Å²) in [7, 11) is -3.56. The lowest BCUT2D eigenvalue weighted by Crippen LogP contribution is -2.41. The minimum atomic E-state index is -3.56. The van der Waals surface area contributed by atoms with E-state index in [1.165, 1.54) is 11.3 Å². The van der Waals surface area contributed by atoms with Crippen LogP contribution in [0.15, 0.2) is 14.7 Å². The highest BCUT2D eigenvalue weighted by atomic mass is 79.9. The van der Waals surface area contributed by atoms with Gasteiger partial charge in [-0.25, -0.2) is 13.1 Å². The highest BCUT2D eigenvalue weighted by Gasteiger charge is 2.24. The molecule has 0 bridgehead atoms. The van der Waals surface area contributed by atoms with Crippen molar-refractivity contribution in [3.63, 3.8) is 0 Å². The molecule has 98 valence electrons. The quantitative estimate of drug-likeness (QED) is 0.861. The van der Waals surface area contributed by atoms with Gasteiger partial charge in [-0.05, 0) is 34.8 Å². The van der Waals surface area contributed by atoms with E-state index in [0.29, 0.717) is 0 Å². The zero-order valence-corrected chi connectivity index (χ0v) is 13.1. The van der Waals surface area contributed by atoms with Gasteiger partial charge in [-0.3, -0.25) is 0 Å². The second-order valence-electron chi connectivity index (χ2n) is 4.13. The maximum Gasteiger partial charge on any atom is 0.242 e. The molecule has 0 fully saturated rings. The third-order valence-electron chi connectivity index (χ3n) is 2.44. The number of aryl methyl sites for hydroxylation is 1.